The first-order valence-corrected chi connectivity index (χ1v) is 16.9. The number of rotatable bonds is 9. The molecule has 0 heterocycles. The molecule has 0 spiro atoms. The van der Waals surface area contributed by atoms with Gasteiger partial charge in [0, 0.05) is 37.3 Å². The number of fused-ring (bicyclic) bond motifs is 2. The summed E-state index contributed by atoms with van der Waals surface area (Å²) in [7, 11) is 0. The molecular formula is C39H28BrN3O5S. The predicted octanol–water partition coefficient (Wildman–Crippen LogP) is 7.75. The van der Waals surface area contributed by atoms with Crippen LogP contribution in [0.5, 0.6) is 0 Å². The zero-order chi connectivity index (χ0) is 34.5. The third-order valence-corrected chi connectivity index (χ3v) is 9.30. The van der Waals surface area contributed by atoms with Gasteiger partial charge in [0.2, 0.25) is 5.91 Å². The van der Waals surface area contributed by atoms with Gasteiger partial charge in [0.25, 0.3) is 11.8 Å². The molecule has 0 fully saturated rings. The number of hydrogen-bond donors (Lipinski definition) is 3. The molecule has 10 heteroatoms. The molecule has 5 aromatic carbocycles. The highest BCUT2D eigenvalue weighted by atomic mass is 79.9. The fourth-order valence-electron chi connectivity index (χ4n) is 5.26. The van der Waals surface area contributed by atoms with Gasteiger partial charge in [-0.2, -0.15) is 0 Å². The van der Waals surface area contributed by atoms with Crippen molar-refractivity contribution in [1.29, 1.82) is 0 Å². The molecule has 1 aliphatic carbocycles. The van der Waals surface area contributed by atoms with Crippen LogP contribution >= 0.6 is 27.7 Å². The maximum Gasteiger partial charge on any atom is 0.272 e. The van der Waals surface area contributed by atoms with Crippen molar-refractivity contribution in [3.8, 4) is 0 Å². The SMILES string of the molecule is CC(Sc1ccc(NC(=O)/C(=C/c2cccc(Br)c2)NC(=O)c2ccccc2)cc1)C(=O)Nc1cccc2c1C(=O)c1ccccc1C2=O. The van der Waals surface area contributed by atoms with Crippen LogP contribution in [-0.4, -0.2) is 34.5 Å². The lowest BCUT2D eigenvalue weighted by Crippen LogP contribution is -2.30. The van der Waals surface area contributed by atoms with E-state index in [9.17, 15) is 24.0 Å². The molecule has 6 rings (SSSR count). The Bertz CT molecular complexity index is 2150. The van der Waals surface area contributed by atoms with Crippen LogP contribution in [0.25, 0.3) is 6.08 Å². The van der Waals surface area contributed by atoms with E-state index < -0.39 is 17.1 Å². The first-order chi connectivity index (χ1) is 23.7. The van der Waals surface area contributed by atoms with Crippen molar-refractivity contribution >= 4 is 74.4 Å². The fourth-order valence-corrected chi connectivity index (χ4v) is 6.55. The summed E-state index contributed by atoms with van der Waals surface area (Å²) in [4.78, 5) is 66.8. The van der Waals surface area contributed by atoms with Gasteiger partial charge in [0.15, 0.2) is 11.6 Å². The summed E-state index contributed by atoms with van der Waals surface area (Å²) in [5.74, 6) is -1.85. The van der Waals surface area contributed by atoms with E-state index in [0.717, 1.165) is 9.37 Å². The molecule has 3 N–H and O–H groups in total. The average Bonchev–Trinajstić information content (AvgIpc) is 3.11. The Kier molecular flexibility index (Phi) is 9.98. The quantitative estimate of drug-likeness (QED) is 0.103. The summed E-state index contributed by atoms with van der Waals surface area (Å²) in [5.41, 5.74) is 3.05. The van der Waals surface area contributed by atoms with Crippen LogP contribution in [0.4, 0.5) is 11.4 Å². The second kappa shape index (κ2) is 14.7. The molecule has 8 nitrogen and oxygen atoms in total. The van der Waals surface area contributed by atoms with Crippen LogP contribution in [0.3, 0.4) is 0 Å². The number of carbonyl (C=O) groups excluding carboxylic acids is 5. The van der Waals surface area contributed by atoms with Crippen molar-refractivity contribution in [1.82, 2.24) is 5.32 Å². The smallest absolute Gasteiger partial charge is 0.272 e. The fraction of sp³-hybridized carbons (Fsp3) is 0.0513. The summed E-state index contributed by atoms with van der Waals surface area (Å²) >= 11 is 4.73. The number of nitrogens with one attached hydrogen (secondary N) is 3. The number of amides is 3. The van der Waals surface area contributed by atoms with Crippen LogP contribution in [-0.2, 0) is 9.59 Å². The molecule has 49 heavy (non-hydrogen) atoms. The van der Waals surface area contributed by atoms with Gasteiger partial charge in [-0.15, -0.1) is 11.8 Å². The van der Waals surface area contributed by atoms with Gasteiger partial charge in [-0.1, -0.05) is 82.7 Å². The van der Waals surface area contributed by atoms with Gasteiger partial charge in [0.1, 0.15) is 5.70 Å². The lowest BCUT2D eigenvalue weighted by molar-refractivity contribution is -0.115. The molecule has 1 aliphatic rings. The van der Waals surface area contributed by atoms with Crippen molar-refractivity contribution in [3.05, 3.63) is 165 Å². The zero-order valence-electron chi connectivity index (χ0n) is 26.0. The summed E-state index contributed by atoms with van der Waals surface area (Å²) in [5, 5.41) is 7.83. The van der Waals surface area contributed by atoms with Gasteiger partial charge in [-0.05, 0) is 73.2 Å². The highest BCUT2D eigenvalue weighted by Crippen LogP contribution is 2.33. The Labute approximate surface area is 295 Å². The molecule has 0 bridgehead atoms. The standard InChI is InChI=1S/C39H28BrN3O5S/c1-23(37(46)42-32-16-8-15-31-34(32)36(45)30-14-6-5-13-29(30)35(31)44)49-28-19-17-27(18-20-28)41-39(48)33(22-24-9-7-12-26(40)21-24)43-38(47)25-10-3-2-4-11-25/h2-23H,1H3,(H,41,48)(H,42,46)(H,43,47)/b33-22-. The molecule has 0 radical (unpaired) electrons. The highest BCUT2D eigenvalue weighted by molar-refractivity contribution is 9.10. The number of halogens is 1. The normalized spacial score (nSPS) is 12.7. The van der Waals surface area contributed by atoms with Gasteiger partial charge in [-0.25, -0.2) is 0 Å². The molecule has 242 valence electrons. The Morgan fingerprint density at radius 1 is 0.714 bits per heavy atom. The Morgan fingerprint density at radius 3 is 2.08 bits per heavy atom. The first-order valence-electron chi connectivity index (χ1n) is 15.2. The maximum atomic E-state index is 13.4. The van der Waals surface area contributed by atoms with E-state index in [-0.39, 0.29) is 40.0 Å². The summed E-state index contributed by atoms with van der Waals surface area (Å²) in [6.45, 7) is 1.74. The van der Waals surface area contributed by atoms with Crippen molar-refractivity contribution in [2.75, 3.05) is 10.6 Å². The van der Waals surface area contributed by atoms with E-state index in [0.29, 0.717) is 27.9 Å². The first kappa shape index (κ1) is 33.3. The van der Waals surface area contributed by atoms with Gasteiger partial charge in [0.05, 0.1) is 16.5 Å². The van der Waals surface area contributed by atoms with Gasteiger partial charge < -0.3 is 16.0 Å². The van der Waals surface area contributed by atoms with Crippen molar-refractivity contribution in [2.45, 2.75) is 17.1 Å². The van der Waals surface area contributed by atoms with E-state index in [1.807, 2.05) is 24.3 Å². The molecular weight excluding hydrogens is 702 g/mol. The largest absolute Gasteiger partial charge is 0.324 e. The Hall–Kier alpha value is -5.58. The van der Waals surface area contributed by atoms with E-state index in [4.69, 9.17) is 0 Å². The minimum atomic E-state index is -0.564. The predicted molar refractivity (Wildman–Crippen MR) is 195 cm³/mol. The summed E-state index contributed by atoms with van der Waals surface area (Å²) in [6, 6.07) is 34.4. The second-order valence-electron chi connectivity index (χ2n) is 11.1. The van der Waals surface area contributed by atoms with E-state index >= 15 is 0 Å². The molecule has 1 atom stereocenters. The van der Waals surface area contributed by atoms with Crippen LogP contribution in [0.1, 0.15) is 54.7 Å². The van der Waals surface area contributed by atoms with Crippen LogP contribution in [0, 0.1) is 0 Å². The molecule has 5 aromatic rings. The van der Waals surface area contributed by atoms with Crippen molar-refractivity contribution < 1.29 is 24.0 Å². The van der Waals surface area contributed by atoms with Crippen LogP contribution in [0.15, 0.2) is 136 Å². The number of anilines is 2. The molecule has 3 amide bonds. The minimum Gasteiger partial charge on any atom is -0.324 e. The monoisotopic (exact) mass is 729 g/mol. The number of thioether (sulfide) groups is 1. The topological polar surface area (TPSA) is 121 Å². The maximum absolute atomic E-state index is 13.4. The third kappa shape index (κ3) is 7.61. The highest BCUT2D eigenvalue weighted by Gasteiger charge is 2.32. The molecule has 0 aliphatic heterocycles. The third-order valence-electron chi connectivity index (χ3n) is 7.69. The molecule has 0 aromatic heterocycles. The Balaban J connectivity index is 1.12. The summed E-state index contributed by atoms with van der Waals surface area (Å²) in [6.07, 6.45) is 1.59. The number of carbonyl (C=O) groups is 5. The lowest BCUT2D eigenvalue weighted by atomic mass is 9.83. The van der Waals surface area contributed by atoms with E-state index in [2.05, 4.69) is 31.9 Å². The minimum absolute atomic E-state index is 0.0578. The molecule has 0 saturated carbocycles. The van der Waals surface area contributed by atoms with Gasteiger partial charge in [-0.3, -0.25) is 24.0 Å². The number of benzene rings is 5. The van der Waals surface area contributed by atoms with E-state index in [1.165, 1.54) is 11.8 Å². The lowest BCUT2D eigenvalue weighted by Gasteiger charge is -2.21. The van der Waals surface area contributed by atoms with Crippen LogP contribution in [0.2, 0.25) is 0 Å². The zero-order valence-corrected chi connectivity index (χ0v) is 28.4. The van der Waals surface area contributed by atoms with E-state index in [1.54, 1.807) is 110 Å². The molecule has 1 unspecified atom stereocenters. The second-order valence-corrected chi connectivity index (χ2v) is 13.4. The average molecular weight is 731 g/mol. The Morgan fingerprint density at radius 2 is 1.37 bits per heavy atom. The number of ketones is 2. The van der Waals surface area contributed by atoms with Gasteiger partial charge >= 0.3 is 0 Å². The number of hydrogen-bond acceptors (Lipinski definition) is 6. The summed E-state index contributed by atoms with van der Waals surface area (Å²) < 4.78 is 0.823. The van der Waals surface area contributed by atoms with Crippen molar-refractivity contribution in [2.24, 2.45) is 0 Å². The van der Waals surface area contributed by atoms with Crippen molar-refractivity contribution in [3.63, 3.8) is 0 Å². The van der Waals surface area contributed by atoms with Crippen LogP contribution < -0.4 is 16.0 Å². The molecule has 0 saturated heterocycles.